The summed E-state index contributed by atoms with van der Waals surface area (Å²) in [6, 6.07) is 18.1. The zero-order valence-electron chi connectivity index (χ0n) is 12.9. The summed E-state index contributed by atoms with van der Waals surface area (Å²) in [5, 5.41) is 1.13. The fourth-order valence-corrected chi connectivity index (χ4v) is 2.46. The van der Waals surface area contributed by atoms with Crippen LogP contribution in [0.2, 0.25) is 0 Å². The summed E-state index contributed by atoms with van der Waals surface area (Å²) in [7, 11) is 0. The van der Waals surface area contributed by atoms with Gasteiger partial charge in [0.1, 0.15) is 11.5 Å². The first kappa shape index (κ1) is 14.4. The smallest absolute Gasteiger partial charge is 0.132 e. The van der Waals surface area contributed by atoms with Gasteiger partial charge >= 0.3 is 0 Å². The Bertz CT molecular complexity index is 783. The van der Waals surface area contributed by atoms with E-state index in [0.29, 0.717) is 13.2 Å². The number of hydrogen-bond donors (Lipinski definition) is 0. The number of ether oxygens (including phenoxy) is 2. The van der Waals surface area contributed by atoms with Crippen molar-refractivity contribution in [1.82, 2.24) is 4.98 Å². The lowest BCUT2D eigenvalue weighted by Crippen LogP contribution is -1.97. The van der Waals surface area contributed by atoms with Crippen molar-refractivity contribution in [1.29, 1.82) is 0 Å². The van der Waals surface area contributed by atoms with Gasteiger partial charge in [0.25, 0.3) is 0 Å². The molecule has 0 amide bonds. The van der Waals surface area contributed by atoms with Crippen molar-refractivity contribution < 1.29 is 9.47 Å². The van der Waals surface area contributed by atoms with E-state index in [-0.39, 0.29) is 0 Å². The van der Waals surface area contributed by atoms with Crippen LogP contribution >= 0.6 is 0 Å². The van der Waals surface area contributed by atoms with Gasteiger partial charge in [-0.05, 0) is 38.1 Å². The van der Waals surface area contributed by atoms with Crippen molar-refractivity contribution in [2.24, 2.45) is 0 Å². The molecule has 0 saturated heterocycles. The normalized spacial score (nSPS) is 10.6. The summed E-state index contributed by atoms with van der Waals surface area (Å²) >= 11 is 0. The molecule has 1 heterocycles. The van der Waals surface area contributed by atoms with E-state index < -0.39 is 0 Å². The fourth-order valence-electron chi connectivity index (χ4n) is 2.46. The minimum absolute atomic E-state index is 0.607. The van der Waals surface area contributed by atoms with E-state index in [1.165, 1.54) is 0 Å². The van der Waals surface area contributed by atoms with Crippen LogP contribution in [-0.4, -0.2) is 18.2 Å². The molecule has 3 aromatic rings. The molecule has 22 heavy (non-hydrogen) atoms. The molecule has 112 valence electrons. The Labute approximate surface area is 130 Å². The van der Waals surface area contributed by atoms with Gasteiger partial charge in [0.15, 0.2) is 0 Å². The molecular weight excluding hydrogens is 274 g/mol. The third kappa shape index (κ3) is 2.89. The van der Waals surface area contributed by atoms with Crippen molar-refractivity contribution in [3.8, 4) is 22.8 Å². The second-order valence-electron chi connectivity index (χ2n) is 4.91. The van der Waals surface area contributed by atoms with Gasteiger partial charge in [-0.15, -0.1) is 0 Å². The molecule has 0 atom stereocenters. The molecule has 3 heteroatoms. The molecule has 0 spiro atoms. The van der Waals surface area contributed by atoms with Crippen LogP contribution < -0.4 is 9.47 Å². The van der Waals surface area contributed by atoms with Crippen molar-refractivity contribution in [3.05, 3.63) is 54.6 Å². The topological polar surface area (TPSA) is 31.4 Å². The fraction of sp³-hybridized carbons (Fsp3) is 0.211. The van der Waals surface area contributed by atoms with Crippen molar-refractivity contribution in [2.45, 2.75) is 13.8 Å². The summed E-state index contributed by atoms with van der Waals surface area (Å²) in [5.41, 5.74) is 2.87. The quantitative estimate of drug-likeness (QED) is 0.683. The zero-order valence-corrected chi connectivity index (χ0v) is 12.9. The Balaban J connectivity index is 2.07. The highest BCUT2D eigenvalue weighted by Gasteiger charge is 2.10. The van der Waals surface area contributed by atoms with Crippen molar-refractivity contribution >= 4 is 10.9 Å². The monoisotopic (exact) mass is 293 g/mol. The van der Waals surface area contributed by atoms with E-state index in [1.54, 1.807) is 0 Å². The number of hydrogen-bond acceptors (Lipinski definition) is 3. The molecule has 0 bridgehead atoms. The Morgan fingerprint density at radius 2 is 1.68 bits per heavy atom. The molecule has 0 aliphatic heterocycles. The van der Waals surface area contributed by atoms with E-state index in [9.17, 15) is 0 Å². The number of nitrogens with zero attached hydrogens (tertiary/aromatic N) is 1. The van der Waals surface area contributed by atoms with Crippen LogP contribution in [0.15, 0.2) is 54.6 Å². The largest absolute Gasteiger partial charge is 0.494 e. The third-order valence-corrected chi connectivity index (χ3v) is 3.44. The second-order valence-corrected chi connectivity index (χ2v) is 4.91. The highest BCUT2D eigenvalue weighted by Crippen LogP contribution is 2.33. The van der Waals surface area contributed by atoms with Crippen LogP contribution in [0.1, 0.15) is 13.8 Å². The van der Waals surface area contributed by atoms with Gasteiger partial charge in [-0.3, -0.25) is 0 Å². The average Bonchev–Trinajstić information content (AvgIpc) is 2.55. The molecule has 0 aliphatic carbocycles. The number of benzene rings is 2. The summed E-state index contributed by atoms with van der Waals surface area (Å²) < 4.78 is 11.3. The molecule has 0 radical (unpaired) electrons. The molecule has 0 unspecified atom stereocenters. The molecule has 0 N–H and O–H groups in total. The van der Waals surface area contributed by atoms with Crippen LogP contribution in [0.25, 0.3) is 22.2 Å². The Morgan fingerprint density at radius 1 is 0.864 bits per heavy atom. The summed E-state index contributed by atoms with van der Waals surface area (Å²) in [4.78, 5) is 4.74. The van der Waals surface area contributed by atoms with E-state index in [2.05, 4.69) is 12.1 Å². The molecule has 0 aliphatic rings. The maximum Gasteiger partial charge on any atom is 0.132 e. The van der Waals surface area contributed by atoms with E-state index in [4.69, 9.17) is 14.5 Å². The van der Waals surface area contributed by atoms with Gasteiger partial charge in [-0.25, -0.2) is 4.98 Å². The Hall–Kier alpha value is -2.55. The Morgan fingerprint density at radius 3 is 2.50 bits per heavy atom. The number of fused-ring (bicyclic) bond motifs is 1. The van der Waals surface area contributed by atoms with Gasteiger partial charge in [-0.2, -0.15) is 0 Å². The van der Waals surface area contributed by atoms with Crippen molar-refractivity contribution in [3.63, 3.8) is 0 Å². The van der Waals surface area contributed by atoms with E-state index in [1.807, 2.05) is 56.3 Å². The standard InChI is InChI=1S/C19H19NO2/c1-3-21-15-10-11-16(19(13-15)22-4-2)18-12-9-14-7-5-6-8-17(14)20-18/h5-13H,3-4H2,1-2H3. The lowest BCUT2D eigenvalue weighted by Gasteiger charge is -2.12. The predicted octanol–water partition coefficient (Wildman–Crippen LogP) is 4.70. The van der Waals surface area contributed by atoms with Crippen LogP contribution in [0.5, 0.6) is 11.5 Å². The highest BCUT2D eigenvalue weighted by atomic mass is 16.5. The number of rotatable bonds is 5. The molecule has 1 aromatic heterocycles. The molecule has 0 saturated carbocycles. The molecule has 3 nitrogen and oxygen atoms in total. The summed E-state index contributed by atoms with van der Waals surface area (Å²) in [6.45, 7) is 5.19. The maximum absolute atomic E-state index is 5.77. The lowest BCUT2D eigenvalue weighted by molar-refractivity contribution is 0.324. The minimum atomic E-state index is 0.607. The molecule has 0 fully saturated rings. The maximum atomic E-state index is 5.77. The van der Waals surface area contributed by atoms with E-state index in [0.717, 1.165) is 33.7 Å². The molecular formula is C19H19NO2. The average molecular weight is 293 g/mol. The first-order chi connectivity index (χ1) is 10.8. The van der Waals surface area contributed by atoms with Crippen LogP contribution in [0.3, 0.4) is 0 Å². The Kier molecular flexibility index (Phi) is 4.24. The SMILES string of the molecule is CCOc1ccc(-c2ccc3ccccc3n2)c(OCC)c1. The predicted molar refractivity (Wildman–Crippen MR) is 89.5 cm³/mol. The summed E-state index contributed by atoms with van der Waals surface area (Å²) in [6.07, 6.45) is 0. The third-order valence-electron chi connectivity index (χ3n) is 3.44. The highest BCUT2D eigenvalue weighted by molar-refractivity contribution is 5.82. The summed E-state index contributed by atoms with van der Waals surface area (Å²) in [5.74, 6) is 1.62. The van der Waals surface area contributed by atoms with E-state index >= 15 is 0 Å². The lowest BCUT2D eigenvalue weighted by atomic mass is 10.1. The second kappa shape index (κ2) is 6.48. The number of para-hydroxylation sites is 1. The van der Waals surface area contributed by atoms with Crippen LogP contribution in [0.4, 0.5) is 0 Å². The first-order valence-corrected chi connectivity index (χ1v) is 7.57. The minimum Gasteiger partial charge on any atom is -0.494 e. The van der Waals surface area contributed by atoms with Gasteiger partial charge in [0, 0.05) is 17.0 Å². The van der Waals surface area contributed by atoms with Crippen LogP contribution in [-0.2, 0) is 0 Å². The molecule has 2 aromatic carbocycles. The number of aromatic nitrogens is 1. The zero-order chi connectivity index (χ0) is 15.4. The molecule has 3 rings (SSSR count). The van der Waals surface area contributed by atoms with Crippen molar-refractivity contribution in [2.75, 3.05) is 13.2 Å². The van der Waals surface area contributed by atoms with Crippen LogP contribution in [0, 0.1) is 0 Å². The van der Waals surface area contributed by atoms with Gasteiger partial charge in [0.2, 0.25) is 0 Å². The number of pyridine rings is 1. The first-order valence-electron chi connectivity index (χ1n) is 7.57. The van der Waals surface area contributed by atoms with Gasteiger partial charge in [0.05, 0.1) is 24.4 Å². The van der Waals surface area contributed by atoms with Gasteiger partial charge < -0.3 is 9.47 Å². The van der Waals surface area contributed by atoms with Gasteiger partial charge in [-0.1, -0.05) is 24.3 Å².